The van der Waals surface area contributed by atoms with E-state index in [-0.39, 0.29) is 24.4 Å². The fourth-order valence-corrected chi connectivity index (χ4v) is 3.96. The van der Waals surface area contributed by atoms with E-state index in [1.807, 2.05) is 6.92 Å². The summed E-state index contributed by atoms with van der Waals surface area (Å²) in [4.78, 5) is 11.6. The third-order valence-electron chi connectivity index (χ3n) is 5.68. The number of phenols is 1. The number of esters is 1. The first-order valence-corrected chi connectivity index (χ1v) is 10.6. The molecule has 0 spiro atoms. The highest BCUT2D eigenvalue weighted by atomic mass is 16.5. The molecular weight excluding hydrogens is 382 g/mol. The summed E-state index contributed by atoms with van der Waals surface area (Å²) in [6.45, 7) is 2.36. The zero-order chi connectivity index (χ0) is 21.5. The maximum atomic E-state index is 11.6. The van der Waals surface area contributed by atoms with E-state index in [9.17, 15) is 20.1 Å². The Morgan fingerprint density at radius 1 is 1.23 bits per heavy atom. The fraction of sp³-hybridized carbons (Fsp3) is 0.458. The molecule has 0 bridgehead atoms. The van der Waals surface area contributed by atoms with Crippen LogP contribution in [0.5, 0.6) is 5.75 Å². The van der Waals surface area contributed by atoms with Crippen LogP contribution in [0.25, 0.3) is 0 Å². The summed E-state index contributed by atoms with van der Waals surface area (Å²) in [5, 5.41) is 32.9. The molecule has 4 N–H and O–H groups in total. The van der Waals surface area contributed by atoms with E-state index in [0.29, 0.717) is 37.1 Å². The van der Waals surface area contributed by atoms with Gasteiger partial charge in [0.1, 0.15) is 5.75 Å². The van der Waals surface area contributed by atoms with E-state index in [1.165, 1.54) is 17.2 Å². The number of aromatic hydroxyl groups is 1. The Bertz CT molecular complexity index is 867. The van der Waals surface area contributed by atoms with Crippen LogP contribution in [0, 0.1) is 0 Å². The molecule has 2 aromatic rings. The van der Waals surface area contributed by atoms with Crippen molar-refractivity contribution in [3.05, 3.63) is 64.2 Å². The summed E-state index contributed by atoms with van der Waals surface area (Å²) in [7, 11) is 0. The highest BCUT2D eigenvalue weighted by Gasteiger charge is 2.20. The van der Waals surface area contributed by atoms with Crippen molar-refractivity contribution < 1.29 is 24.9 Å². The average Bonchev–Trinajstić information content (AvgIpc) is 2.76. The Balaban J connectivity index is 1.55. The predicted octanol–water partition coefficient (Wildman–Crippen LogP) is 2.56. The lowest BCUT2D eigenvalue weighted by atomic mass is 9.86. The highest BCUT2D eigenvalue weighted by Crippen LogP contribution is 2.25. The lowest BCUT2D eigenvalue weighted by molar-refractivity contribution is -0.143. The summed E-state index contributed by atoms with van der Waals surface area (Å²) < 4.78 is 5.00. The highest BCUT2D eigenvalue weighted by molar-refractivity contribution is 5.69. The van der Waals surface area contributed by atoms with Crippen molar-refractivity contribution in [3.63, 3.8) is 0 Å². The van der Waals surface area contributed by atoms with E-state index in [4.69, 9.17) is 4.74 Å². The minimum absolute atomic E-state index is 0.0315. The molecular formula is C24H31NO5. The normalized spacial score (nSPS) is 16.7. The van der Waals surface area contributed by atoms with Crippen molar-refractivity contribution in [2.24, 2.45) is 0 Å². The van der Waals surface area contributed by atoms with Crippen molar-refractivity contribution in [1.82, 2.24) is 5.32 Å². The van der Waals surface area contributed by atoms with Crippen LogP contribution in [-0.4, -0.2) is 40.5 Å². The number of benzene rings is 2. The first-order valence-electron chi connectivity index (χ1n) is 10.6. The molecule has 0 heterocycles. The van der Waals surface area contributed by atoms with Gasteiger partial charge in [-0.3, -0.25) is 4.79 Å². The number of ether oxygens (including phenoxy) is 1. The Kier molecular flexibility index (Phi) is 7.85. The molecule has 3 rings (SSSR count). The van der Waals surface area contributed by atoms with Crippen LogP contribution in [0.2, 0.25) is 0 Å². The molecule has 6 heteroatoms. The Morgan fingerprint density at radius 2 is 2.07 bits per heavy atom. The smallest absolute Gasteiger partial charge is 0.306 e. The quantitative estimate of drug-likeness (QED) is 0.472. The van der Waals surface area contributed by atoms with Crippen molar-refractivity contribution in [3.8, 4) is 5.75 Å². The summed E-state index contributed by atoms with van der Waals surface area (Å²) in [5.41, 5.74) is 4.86. The molecule has 6 nitrogen and oxygen atoms in total. The number of rotatable bonds is 9. The minimum atomic E-state index is -0.715. The summed E-state index contributed by atoms with van der Waals surface area (Å²) in [6, 6.07) is 11.5. The van der Waals surface area contributed by atoms with Gasteiger partial charge in [0.05, 0.1) is 19.3 Å². The van der Waals surface area contributed by atoms with Crippen LogP contribution in [0.4, 0.5) is 0 Å². The van der Waals surface area contributed by atoms with Crippen molar-refractivity contribution in [2.45, 2.75) is 57.8 Å². The number of carbonyl (C=O) groups excluding carboxylic acids is 1. The number of aliphatic hydroxyl groups is 2. The second kappa shape index (κ2) is 10.6. The van der Waals surface area contributed by atoms with Gasteiger partial charge in [0.2, 0.25) is 0 Å². The van der Waals surface area contributed by atoms with Gasteiger partial charge in [-0.15, -0.1) is 0 Å². The van der Waals surface area contributed by atoms with Crippen LogP contribution in [0.3, 0.4) is 0 Å². The van der Waals surface area contributed by atoms with E-state index >= 15 is 0 Å². The van der Waals surface area contributed by atoms with Gasteiger partial charge in [-0.2, -0.15) is 0 Å². The molecule has 0 aliphatic heterocycles. The third-order valence-corrected chi connectivity index (χ3v) is 5.68. The van der Waals surface area contributed by atoms with E-state index < -0.39 is 6.10 Å². The van der Waals surface area contributed by atoms with Gasteiger partial charge >= 0.3 is 5.97 Å². The first kappa shape index (κ1) is 22.3. The Hall–Kier alpha value is -2.41. The SMILES string of the molecule is CCOC(=O)CCc1ccc2c(c1)C[C@@H](NCC(O)c1ccc(O)c(CO)c1)CC2. The molecule has 0 saturated carbocycles. The zero-order valence-electron chi connectivity index (χ0n) is 17.4. The number of hydrogen-bond acceptors (Lipinski definition) is 6. The standard InChI is InChI=1S/C24H31NO5/c1-2-30-24(29)10-4-16-3-5-17-6-8-21(13-19(17)11-16)25-14-23(28)18-7-9-22(27)20(12-18)15-26/h3,5,7,9,11-12,21,23,25-28H,2,4,6,8,10,13-15H2,1H3/t21-,23?/m0/s1. The third kappa shape index (κ3) is 5.81. The number of hydrogen-bond donors (Lipinski definition) is 4. The van der Waals surface area contributed by atoms with Gasteiger partial charge in [-0.05, 0) is 67.0 Å². The van der Waals surface area contributed by atoms with Gasteiger partial charge in [-0.1, -0.05) is 24.3 Å². The number of fused-ring (bicyclic) bond motifs is 1. The van der Waals surface area contributed by atoms with Crippen molar-refractivity contribution in [2.75, 3.05) is 13.2 Å². The number of aryl methyl sites for hydroxylation is 2. The van der Waals surface area contributed by atoms with Gasteiger partial charge < -0.3 is 25.4 Å². The van der Waals surface area contributed by atoms with Crippen LogP contribution in [-0.2, 0) is 35.4 Å². The van der Waals surface area contributed by atoms with E-state index in [2.05, 4.69) is 23.5 Å². The van der Waals surface area contributed by atoms with Crippen LogP contribution >= 0.6 is 0 Å². The molecule has 0 radical (unpaired) electrons. The number of aliphatic hydroxyl groups excluding tert-OH is 2. The molecule has 162 valence electrons. The number of carbonyl (C=O) groups is 1. The second-order valence-corrected chi connectivity index (χ2v) is 7.82. The molecule has 1 aliphatic carbocycles. The number of nitrogens with one attached hydrogen (secondary N) is 1. The van der Waals surface area contributed by atoms with E-state index in [0.717, 1.165) is 24.8 Å². The maximum absolute atomic E-state index is 11.6. The largest absolute Gasteiger partial charge is 0.508 e. The fourth-order valence-electron chi connectivity index (χ4n) is 3.96. The molecule has 1 unspecified atom stereocenters. The predicted molar refractivity (Wildman–Crippen MR) is 114 cm³/mol. The molecule has 2 aromatic carbocycles. The minimum Gasteiger partial charge on any atom is -0.508 e. The molecule has 2 atom stereocenters. The Morgan fingerprint density at radius 3 is 2.83 bits per heavy atom. The lowest BCUT2D eigenvalue weighted by Crippen LogP contribution is -2.37. The van der Waals surface area contributed by atoms with Gasteiger partial charge in [0.25, 0.3) is 0 Å². The Labute approximate surface area is 177 Å². The first-order chi connectivity index (χ1) is 14.5. The molecule has 1 aliphatic rings. The summed E-state index contributed by atoms with van der Waals surface area (Å²) in [5.74, 6) is -0.133. The van der Waals surface area contributed by atoms with Gasteiger partial charge in [-0.25, -0.2) is 0 Å². The van der Waals surface area contributed by atoms with Crippen molar-refractivity contribution in [1.29, 1.82) is 0 Å². The van der Waals surface area contributed by atoms with Crippen LogP contribution in [0.15, 0.2) is 36.4 Å². The van der Waals surface area contributed by atoms with Crippen LogP contribution in [0.1, 0.15) is 53.7 Å². The van der Waals surface area contributed by atoms with Crippen LogP contribution < -0.4 is 5.32 Å². The molecule has 0 fully saturated rings. The molecule has 30 heavy (non-hydrogen) atoms. The topological polar surface area (TPSA) is 99.0 Å². The zero-order valence-corrected chi connectivity index (χ0v) is 17.4. The van der Waals surface area contributed by atoms with E-state index in [1.54, 1.807) is 12.1 Å². The van der Waals surface area contributed by atoms with Crippen molar-refractivity contribution >= 4 is 5.97 Å². The average molecular weight is 414 g/mol. The second-order valence-electron chi connectivity index (χ2n) is 7.82. The summed E-state index contributed by atoms with van der Waals surface area (Å²) >= 11 is 0. The molecule has 0 amide bonds. The molecule has 0 aromatic heterocycles. The lowest BCUT2D eigenvalue weighted by Gasteiger charge is -2.27. The maximum Gasteiger partial charge on any atom is 0.306 e. The monoisotopic (exact) mass is 413 g/mol. The van der Waals surface area contributed by atoms with Gasteiger partial charge in [0, 0.05) is 24.6 Å². The molecule has 0 saturated heterocycles. The van der Waals surface area contributed by atoms with Gasteiger partial charge in [0.15, 0.2) is 0 Å². The summed E-state index contributed by atoms with van der Waals surface area (Å²) in [6.07, 6.45) is 3.22.